The quantitative estimate of drug-likeness (QED) is 0.193. The molecule has 4 aromatic rings. The number of hydrogen-bond donors (Lipinski definition) is 0. The first-order chi connectivity index (χ1) is 15.5. The molecule has 0 aliphatic heterocycles. The van der Waals surface area contributed by atoms with Crippen LogP contribution in [-0.2, 0) is 5.75 Å². The molecule has 0 radical (unpaired) electrons. The van der Waals surface area contributed by atoms with Crippen LogP contribution in [-0.4, -0.2) is 19.7 Å². The number of para-hydroxylation sites is 1. The molecule has 0 saturated carbocycles. The van der Waals surface area contributed by atoms with Gasteiger partial charge in [0.1, 0.15) is 11.6 Å². The largest absolute Gasteiger partial charge is 0.483 e. The lowest BCUT2D eigenvalue weighted by molar-refractivity contribution is -0.384. The fraction of sp³-hybridized carbons (Fsp3) is 0.130. The second-order valence-corrected chi connectivity index (χ2v) is 7.88. The maximum absolute atomic E-state index is 13.2. The Labute approximate surface area is 188 Å². The molecule has 0 amide bonds. The van der Waals surface area contributed by atoms with Gasteiger partial charge in [-0.2, -0.15) is 0 Å². The second-order valence-electron chi connectivity index (χ2n) is 6.94. The van der Waals surface area contributed by atoms with Crippen LogP contribution in [0.25, 0.3) is 5.69 Å². The van der Waals surface area contributed by atoms with Crippen LogP contribution in [0.3, 0.4) is 0 Å². The van der Waals surface area contributed by atoms with Crippen molar-refractivity contribution in [2.45, 2.75) is 23.9 Å². The van der Waals surface area contributed by atoms with Crippen molar-refractivity contribution in [2.75, 3.05) is 0 Å². The van der Waals surface area contributed by atoms with Crippen LogP contribution in [0.2, 0.25) is 0 Å². The normalized spacial score (nSPS) is 11.8. The zero-order valence-electron chi connectivity index (χ0n) is 17.1. The Morgan fingerprint density at radius 2 is 1.72 bits per heavy atom. The van der Waals surface area contributed by atoms with E-state index in [1.807, 2.05) is 41.8 Å². The highest BCUT2D eigenvalue weighted by Gasteiger charge is 2.21. The van der Waals surface area contributed by atoms with Gasteiger partial charge in [-0.1, -0.05) is 42.1 Å². The number of hydrogen-bond acceptors (Lipinski definition) is 6. The summed E-state index contributed by atoms with van der Waals surface area (Å²) in [5.41, 5.74) is 1.87. The SMILES string of the molecule is CC(Oc1ccc(F)cc1)c1nnc(SCc2ccc([N+](=O)[O-])cc2)n1-c1ccccc1. The molecular weight excluding hydrogens is 431 g/mol. The molecular formula is C23H19FN4O3S. The zero-order valence-corrected chi connectivity index (χ0v) is 17.9. The van der Waals surface area contributed by atoms with Crippen molar-refractivity contribution >= 4 is 17.4 Å². The van der Waals surface area contributed by atoms with E-state index >= 15 is 0 Å². The number of aromatic nitrogens is 3. The lowest BCUT2D eigenvalue weighted by Gasteiger charge is -2.16. The highest BCUT2D eigenvalue weighted by atomic mass is 32.2. The Bertz CT molecular complexity index is 1200. The molecule has 32 heavy (non-hydrogen) atoms. The van der Waals surface area contributed by atoms with Gasteiger partial charge in [-0.3, -0.25) is 14.7 Å². The van der Waals surface area contributed by atoms with E-state index in [1.54, 1.807) is 24.3 Å². The summed E-state index contributed by atoms with van der Waals surface area (Å²) in [6, 6.07) is 21.9. The molecule has 0 spiro atoms. The molecule has 7 nitrogen and oxygen atoms in total. The molecule has 0 aliphatic rings. The summed E-state index contributed by atoms with van der Waals surface area (Å²) in [4.78, 5) is 10.4. The molecule has 0 N–H and O–H groups in total. The van der Waals surface area contributed by atoms with Crippen LogP contribution < -0.4 is 4.74 Å². The van der Waals surface area contributed by atoms with Gasteiger partial charge >= 0.3 is 0 Å². The summed E-state index contributed by atoms with van der Waals surface area (Å²) >= 11 is 1.47. The van der Waals surface area contributed by atoms with Crippen molar-refractivity contribution in [3.05, 3.63) is 106 Å². The van der Waals surface area contributed by atoms with E-state index in [-0.39, 0.29) is 11.5 Å². The highest BCUT2D eigenvalue weighted by molar-refractivity contribution is 7.98. The Morgan fingerprint density at radius 3 is 2.38 bits per heavy atom. The number of nitrogens with zero attached hydrogens (tertiary/aromatic N) is 4. The Balaban J connectivity index is 1.59. The monoisotopic (exact) mass is 450 g/mol. The summed E-state index contributed by atoms with van der Waals surface area (Å²) in [5, 5.41) is 20.2. The van der Waals surface area contributed by atoms with Crippen molar-refractivity contribution < 1.29 is 14.1 Å². The van der Waals surface area contributed by atoms with Crippen molar-refractivity contribution in [3.63, 3.8) is 0 Å². The Hall–Kier alpha value is -3.72. The first-order valence-electron chi connectivity index (χ1n) is 9.80. The molecule has 1 atom stereocenters. The molecule has 162 valence electrons. The Morgan fingerprint density at radius 1 is 1.03 bits per heavy atom. The van der Waals surface area contributed by atoms with E-state index in [2.05, 4.69) is 10.2 Å². The van der Waals surface area contributed by atoms with Gasteiger partial charge in [0.2, 0.25) is 0 Å². The Kier molecular flexibility index (Phi) is 6.46. The second kappa shape index (κ2) is 9.61. The van der Waals surface area contributed by atoms with Crippen molar-refractivity contribution in [2.24, 2.45) is 0 Å². The minimum atomic E-state index is -0.443. The first kappa shape index (κ1) is 21.5. The van der Waals surface area contributed by atoms with Crippen molar-refractivity contribution in [1.82, 2.24) is 14.8 Å². The first-order valence-corrected chi connectivity index (χ1v) is 10.8. The van der Waals surface area contributed by atoms with Crippen LogP contribution in [0.1, 0.15) is 24.4 Å². The van der Waals surface area contributed by atoms with Gasteiger partial charge in [-0.05, 0) is 48.9 Å². The number of benzene rings is 3. The molecule has 1 heterocycles. The number of nitro groups is 1. The summed E-state index contributed by atoms with van der Waals surface area (Å²) in [6.45, 7) is 1.86. The van der Waals surface area contributed by atoms with Crippen LogP contribution in [0, 0.1) is 15.9 Å². The van der Waals surface area contributed by atoms with Crippen LogP contribution >= 0.6 is 11.8 Å². The summed E-state index contributed by atoms with van der Waals surface area (Å²) in [7, 11) is 0. The highest BCUT2D eigenvalue weighted by Crippen LogP contribution is 2.30. The van der Waals surface area contributed by atoms with Crippen molar-refractivity contribution in [1.29, 1.82) is 0 Å². The third-order valence-corrected chi connectivity index (χ3v) is 5.68. The van der Waals surface area contributed by atoms with Gasteiger partial charge < -0.3 is 4.74 Å². The molecule has 9 heteroatoms. The predicted octanol–water partition coefficient (Wildman–Crippen LogP) is 5.75. The number of halogens is 1. The topological polar surface area (TPSA) is 83.1 Å². The summed E-state index contributed by atoms with van der Waals surface area (Å²) < 4.78 is 21.1. The number of ether oxygens (including phenoxy) is 1. The van der Waals surface area contributed by atoms with Crippen LogP contribution in [0.4, 0.5) is 10.1 Å². The maximum Gasteiger partial charge on any atom is 0.269 e. The standard InChI is InChI=1S/C23H19FN4O3S/c1-16(31-21-13-9-18(24)10-14-21)22-25-26-23(27(22)19-5-3-2-4-6-19)32-15-17-7-11-20(12-8-17)28(29)30/h2-14,16H,15H2,1H3. The smallest absolute Gasteiger partial charge is 0.269 e. The molecule has 4 rings (SSSR count). The molecule has 3 aromatic carbocycles. The van der Waals surface area contributed by atoms with Gasteiger partial charge in [0.15, 0.2) is 17.1 Å². The average Bonchev–Trinajstić information content (AvgIpc) is 3.24. The molecule has 0 fully saturated rings. The third kappa shape index (κ3) is 4.94. The van der Waals surface area contributed by atoms with E-state index in [4.69, 9.17) is 4.74 Å². The van der Waals surface area contributed by atoms with Gasteiger partial charge in [0.05, 0.1) is 4.92 Å². The van der Waals surface area contributed by atoms with Gasteiger partial charge in [-0.15, -0.1) is 10.2 Å². The molecule has 0 bridgehead atoms. The lowest BCUT2D eigenvalue weighted by atomic mass is 10.2. The van der Waals surface area contributed by atoms with Crippen molar-refractivity contribution in [3.8, 4) is 11.4 Å². The molecule has 0 saturated heterocycles. The summed E-state index contributed by atoms with van der Waals surface area (Å²) in [5.74, 6) is 1.37. The fourth-order valence-corrected chi connectivity index (χ4v) is 4.00. The average molecular weight is 450 g/mol. The number of rotatable bonds is 8. The van der Waals surface area contributed by atoms with Crippen LogP contribution in [0.15, 0.2) is 84.0 Å². The number of non-ortho nitro benzene ring substituents is 1. The fourth-order valence-electron chi connectivity index (χ4n) is 3.09. The van der Waals surface area contributed by atoms with Gasteiger partial charge in [0, 0.05) is 23.6 Å². The van der Waals surface area contributed by atoms with E-state index in [9.17, 15) is 14.5 Å². The van der Waals surface area contributed by atoms with E-state index < -0.39 is 11.0 Å². The number of nitro benzene ring substituents is 1. The summed E-state index contributed by atoms with van der Waals surface area (Å²) in [6.07, 6.45) is -0.443. The van der Waals surface area contributed by atoms with E-state index in [1.165, 1.54) is 36.0 Å². The molecule has 1 unspecified atom stereocenters. The lowest BCUT2D eigenvalue weighted by Crippen LogP contribution is -2.11. The predicted molar refractivity (Wildman–Crippen MR) is 119 cm³/mol. The van der Waals surface area contributed by atoms with E-state index in [0.29, 0.717) is 22.5 Å². The van der Waals surface area contributed by atoms with Crippen LogP contribution in [0.5, 0.6) is 5.75 Å². The molecule has 0 aliphatic carbocycles. The van der Waals surface area contributed by atoms with E-state index in [0.717, 1.165) is 11.3 Å². The van der Waals surface area contributed by atoms with Gasteiger partial charge in [-0.25, -0.2) is 4.39 Å². The maximum atomic E-state index is 13.2. The number of thioether (sulfide) groups is 1. The minimum Gasteiger partial charge on any atom is -0.483 e. The van der Waals surface area contributed by atoms with Gasteiger partial charge in [0.25, 0.3) is 5.69 Å². The third-order valence-electron chi connectivity index (χ3n) is 4.68. The zero-order chi connectivity index (χ0) is 22.5. The minimum absolute atomic E-state index is 0.0558. The molecule has 1 aromatic heterocycles.